The first-order valence-corrected chi connectivity index (χ1v) is 13.2. The smallest absolute Gasteiger partial charge is 0.313 e. The summed E-state index contributed by atoms with van der Waals surface area (Å²) in [6, 6.07) is 13.2. The molecule has 0 aliphatic rings. The van der Waals surface area contributed by atoms with Crippen molar-refractivity contribution in [2.45, 2.75) is 26.2 Å². The van der Waals surface area contributed by atoms with Crippen molar-refractivity contribution < 1.29 is 18.8 Å². The van der Waals surface area contributed by atoms with Crippen LogP contribution in [0.1, 0.15) is 37.6 Å². The predicted molar refractivity (Wildman–Crippen MR) is 154 cm³/mol. The number of hydrogen-bond acceptors (Lipinski definition) is 7. The van der Waals surface area contributed by atoms with E-state index in [0.29, 0.717) is 27.6 Å². The lowest BCUT2D eigenvalue weighted by molar-refractivity contribution is -0.385. The van der Waals surface area contributed by atoms with E-state index in [1.54, 1.807) is 18.2 Å². The van der Waals surface area contributed by atoms with E-state index in [0.717, 1.165) is 6.07 Å². The van der Waals surface area contributed by atoms with Gasteiger partial charge >= 0.3 is 5.69 Å². The molecule has 0 radical (unpaired) electrons. The molecule has 1 atom stereocenters. The Kier molecular flexibility index (Phi) is 8.90. The molecule has 1 aromatic heterocycles. The number of carbonyl (C=O) groups is 1. The van der Waals surface area contributed by atoms with Gasteiger partial charge in [-0.3, -0.25) is 19.7 Å². The second-order valence-corrected chi connectivity index (χ2v) is 10.0. The molecular weight excluding hydrogens is 609 g/mol. The second-order valence-electron chi connectivity index (χ2n) is 8.73. The number of halogens is 3. The van der Waals surface area contributed by atoms with E-state index in [9.17, 15) is 24.1 Å². The summed E-state index contributed by atoms with van der Waals surface area (Å²) in [7, 11) is 0. The lowest BCUT2D eigenvalue weighted by Crippen LogP contribution is -2.23. The molecule has 4 aromatic rings. The summed E-state index contributed by atoms with van der Waals surface area (Å²) in [5.41, 5.74) is -0.266. The Morgan fingerprint density at radius 2 is 2.05 bits per heavy atom. The molecule has 0 bridgehead atoms. The molecule has 13 heteroatoms. The van der Waals surface area contributed by atoms with Gasteiger partial charge in [0.2, 0.25) is 5.75 Å². The van der Waals surface area contributed by atoms with E-state index in [1.165, 1.54) is 41.2 Å². The Balaban J connectivity index is 1.65. The van der Waals surface area contributed by atoms with Gasteiger partial charge in [-0.25, -0.2) is 9.37 Å². The quantitative estimate of drug-likeness (QED) is 0.132. The highest BCUT2D eigenvalue weighted by Gasteiger charge is 2.22. The zero-order valence-electron chi connectivity index (χ0n) is 21.2. The van der Waals surface area contributed by atoms with Gasteiger partial charge in [-0.15, -0.1) is 0 Å². The number of benzene rings is 3. The number of nitrogens with zero attached hydrogens (tertiary/aromatic N) is 4. The van der Waals surface area contributed by atoms with Crippen molar-refractivity contribution in [1.82, 2.24) is 9.66 Å². The Morgan fingerprint density at radius 1 is 1.30 bits per heavy atom. The first-order chi connectivity index (χ1) is 19.1. The average molecular weight is 631 g/mol. The minimum atomic E-state index is -0.742. The van der Waals surface area contributed by atoms with E-state index in [1.807, 2.05) is 13.8 Å². The van der Waals surface area contributed by atoms with Gasteiger partial charge in [0, 0.05) is 22.0 Å². The van der Waals surface area contributed by atoms with Crippen LogP contribution < -0.4 is 15.6 Å². The summed E-state index contributed by atoms with van der Waals surface area (Å²) in [4.78, 5) is 41.3. The number of hydrogen-bond donors (Lipinski definition) is 1. The zero-order chi connectivity index (χ0) is 29.0. The molecule has 1 amide bonds. The standard InChI is InChI=1S/C27H22BrClFN5O5/c1-3-15(2)26-33-21-9-8-17(28)12-18(21)27(37)34(26)31-13-16-10-19(29)25(23(11-16)35(38)39)40-14-24(36)32-22-7-5-4-6-20(22)30/h4-13,15H,3,14H2,1-2H3,(H,32,36)/t15-/m1/s1. The number of amides is 1. The molecule has 1 heterocycles. The molecule has 0 aliphatic heterocycles. The van der Waals surface area contributed by atoms with Crippen molar-refractivity contribution in [2.24, 2.45) is 5.10 Å². The van der Waals surface area contributed by atoms with Crippen LogP contribution in [-0.2, 0) is 4.79 Å². The van der Waals surface area contributed by atoms with Gasteiger partial charge in [-0.05, 0) is 42.8 Å². The van der Waals surface area contributed by atoms with Crippen LogP contribution in [0.3, 0.4) is 0 Å². The first-order valence-electron chi connectivity index (χ1n) is 12.0. The SMILES string of the molecule is CC[C@@H](C)c1nc2ccc(Br)cc2c(=O)n1N=Cc1cc(Cl)c(OCC(=O)Nc2ccccc2F)c([N+](=O)[O-])c1. The highest BCUT2D eigenvalue weighted by atomic mass is 79.9. The third-order valence-electron chi connectivity index (χ3n) is 5.95. The van der Waals surface area contributed by atoms with Crippen LogP contribution in [0.5, 0.6) is 5.75 Å². The molecule has 0 saturated carbocycles. The number of nitro groups is 1. The van der Waals surface area contributed by atoms with Crippen LogP contribution >= 0.6 is 27.5 Å². The minimum absolute atomic E-state index is 0.0641. The van der Waals surface area contributed by atoms with Crippen LogP contribution in [-0.4, -0.2) is 33.3 Å². The average Bonchev–Trinajstić information content (AvgIpc) is 2.92. The number of para-hydroxylation sites is 1. The van der Waals surface area contributed by atoms with Crippen molar-refractivity contribution in [1.29, 1.82) is 0 Å². The summed E-state index contributed by atoms with van der Waals surface area (Å²) in [5.74, 6) is -1.41. The van der Waals surface area contributed by atoms with Crippen LogP contribution in [0.25, 0.3) is 10.9 Å². The number of fused-ring (bicyclic) bond motifs is 1. The number of rotatable bonds is 9. The fourth-order valence-corrected chi connectivity index (χ4v) is 4.38. The molecule has 206 valence electrons. The summed E-state index contributed by atoms with van der Waals surface area (Å²) < 4.78 is 21.0. The number of aromatic nitrogens is 2. The maximum Gasteiger partial charge on any atom is 0.313 e. The Bertz CT molecular complexity index is 1710. The minimum Gasteiger partial charge on any atom is -0.476 e. The lowest BCUT2D eigenvalue weighted by Gasteiger charge is -2.14. The third kappa shape index (κ3) is 6.35. The summed E-state index contributed by atoms with van der Waals surface area (Å²) in [5, 5.41) is 18.6. The Morgan fingerprint density at radius 3 is 2.75 bits per heavy atom. The number of nitro benzene ring substituents is 1. The van der Waals surface area contributed by atoms with Gasteiger partial charge in [-0.2, -0.15) is 9.78 Å². The van der Waals surface area contributed by atoms with Crippen LogP contribution in [0.2, 0.25) is 5.02 Å². The highest BCUT2D eigenvalue weighted by Crippen LogP contribution is 2.36. The van der Waals surface area contributed by atoms with Gasteiger partial charge in [0.1, 0.15) is 11.6 Å². The molecule has 0 fully saturated rings. The van der Waals surface area contributed by atoms with Crippen molar-refractivity contribution >= 4 is 61.9 Å². The monoisotopic (exact) mass is 629 g/mol. The largest absolute Gasteiger partial charge is 0.476 e. The molecule has 3 aromatic carbocycles. The maximum atomic E-state index is 13.8. The molecule has 0 saturated heterocycles. The first kappa shape index (κ1) is 28.8. The molecule has 1 N–H and O–H groups in total. The Labute approximate surface area is 240 Å². The maximum absolute atomic E-state index is 13.8. The van der Waals surface area contributed by atoms with Gasteiger partial charge in [0.05, 0.1) is 32.8 Å². The van der Waals surface area contributed by atoms with E-state index in [2.05, 4.69) is 31.3 Å². The van der Waals surface area contributed by atoms with E-state index >= 15 is 0 Å². The molecule has 0 unspecified atom stereocenters. The topological polar surface area (TPSA) is 129 Å². The fraction of sp³-hybridized carbons (Fsp3) is 0.185. The second kappa shape index (κ2) is 12.3. The van der Waals surface area contributed by atoms with Gasteiger partial charge < -0.3 is 10.1 Å². The number of anilines is 1. The molecule has 4 rings (SSSR count). The van der Waals surface area contributed by atoms with Gasteiger partial charge in [0.15, 0.2) is 6.61 Å². The van der Waals surface area contributed by atoms with E-state index in [4.69, 9.17) is 16.3 Å². The molecular formula is C27H22BrClFN5O5. The van der Waals surface area contributed by atoms with Crippen LogP contribution in [0.4, 0.5) is 15.8 Å². The molecule has 0 spiro atoms. The normalized spacial score (nSPS) is 12.0. The van der Waals surface area contributed by atoms with Crippen LogP contribution in [0.15, 0.2) is 69.0 Å². The number of nitrogens with one attached hydrogen (secondary N) is 1. The predicted octanol–water partition coefficient (Wildman–Crippen LogP) is 6.27. The van der Waals surface area contributed by atoms with Crippen LogP contribution in [0, 0.1) is 15.9 Å². The highest BCUT2D eigenvalue weighted by molar-refractivity contribution is 9.10. The Hall–Kier alpha value is -4.16. The van der Waals surface area contributed by atoms with Crippen molar-refractivity contribution in [3.63, 3.8) is 0 Å². The van der Waals surface area contributed by atoms with E-state index in [-0.39, 0.29) is 27.9 Å². The fourth-order valence-electron chi connectivity index (χ4n) is 3.74. The molecule has 10 nitrogen and oxygen atoms in total. The zero-order valence-corrected chi connectivity index (χ0v) is 23.6. The summed E-state index contributed by atoms with van der Waals surface area (Å²) in [6.07, 6.45) is 1.95. The lowest BCUT2D eigenvalue weighted by atomic mass is 10.1. The van der Waals surface area contributed by atoms with Crippen molar-refractivity contribution in [3.8, 4) is 5.75 Å². The summed E-state index contributed by atoms with van der Waals surface area (Å²) >= 11 is 9.65. The molecule has 40 heavy (non-hydrogen) atoms. The molecule has 0 aliphatic carbocycles. The van der Waals surface area contributed by atoms with E-state index < -0.39 is 34.5 Å². The van der Waals surface area contributed by atoms with Gasteiger partial charge in [0.25, 0.3) is 11.5 Å². The number of carbonyl (C=O) groups excluding carboxylic acids is 1. The third-order valence-corrected chi connectivity index (χ3v) is 6.72. The summed E-state index contributed by atoms with van der Waals surface area (Å²) in [6.45, 7) is 3.21. The number of ether oxygens (including phenoxy) is 1. The van der Waals surface area contributed by atoms with Crippen molar-refractivity contribution in [3.05, 3.63) is 102 Å². The van der Waals surface area contributed by atoms with Crippen molar-refractivity contribution in [2.75, 3.05) is 11.9 Å². The van der Waals surface area contributed by atoms with Gasteiger partial charge in [-0.1, -0.05) is 53.5 Å².